The second kappa shape index (κ2) is 7.15. The van der Waals surface area contributed by atoms with Crippen LogP contribution in [-0.2, 0) is 4.79 Å². The number of hydrogen-bond donors (Lipinski definition) is 1. The van der Waals surface area contributed by atoms with Crippen molar-refractivity contribution in [1.82, 2.24) is 4.98 Å². The number of methoxy groups -OCH3 is 1. The molecule has 0 spiro atoms. The van der Waals surface area contributed by atoms with Crippen LogP contribution in [0.25, 0.3) is 28.5 Å². The number of carbonyl (C=O) groups excluding carboxylic acids is 1. The molecule has 4 rings (SSSR count). The minimum Gasteiger partial charge on any atom is -0.497 e. The highest BCUT2D eigenvalue weighted by molar-refractivity contribution is 7.14. The van der Waals surface area contributed by atoms with Gasteiger partial charge in [-0.15, -0.1) is 22.7 Å². The maximum Gasteiger partial charge on any atom is 0.250 e. The summed E-state index contributed by atoms with van der Waals surface area (Å²) in [6, 6.07) is 11.4. The molecule has 3 heterocycles. The molecule has 0 aliphatic carbocycles. The van der Waals surface area contributed by atoms with Gasteiger partial charge < -0.3 is 9.15 Å². The molecule has 0 saturated heterocycles. The Labute approximate surface area is 157 Å². The molecular weight excluding hydrogens is 368 g/mol. The molecule has 0 aliphatic heterocycles. The van der Waals surface area contributed by atoms with E-state index in [2.05, 4.69) is 10.3 Å². The van der Waals surface area contributed by atoms with Crippen molar-refractivity contribution in [3.05, 3.63) is 58.1 Å². The molecule has 4 aromatic rings. The zero-order chi connectivity index (χ0) is 17.9. The Kier molecular flexibility index (Phi) is 4.55. The molecule has 26 heavy (non-hydrogen) atoms. The van der Waals surface area contributed by atoms with Gasteiger partial charge in [-0.05, 0) is 41.8 Å². The van der Waals surface area contributed by atoms with Crippen LogP contribution in [0.4, 0.5) is 5.13 Å². The van der Waals surface area contributed by atoms with Crippen molar-refractivity contribution >= 4 is 50.8 Å². The van der Waals surface area contributed by atoms with E-state index in [1.807, 2.05) is 47.2 Å². The van der Waals surface area contributed by atoms with Crippen LogP contribution >= 0.6 is 22.7 Å². The zero-order valence-corrected chi connectivity index (χ0v) is 15.4. The van der Waals surface area contributed by atoms with Gasteiger partial charge in [-0.2, -0.15) is 0 Å². The molecule has 0 saturated carbocycles. The first-order chi connectivity index (χ1) is 12.7. The fourth-order valence-electron chi connectivity index (χ4n) is 2.41. The van der Waals surface area contributed by atoms with Gasteiger partial charge in [0.15, 0.2) is 10.9 Å². The van der Waals surface area contributed by atoms with Crippen molar-refractivity contribution in [2.45, 2.75) is 0 Å². The SMILES string of the molecule is COc1ccc2oc(-c3csc(NC(=O)/C=C/c4cccs4)n3)cc2c1. The number of rotatable bonds is 5. The van der Waals surface area contributed by atoms with Crippen molar-refractivity contribution in [2.75, 3.05) is 12.4 Å². The number of carbonyl (C=O) groups is 1. The van der Waals surface area contributed by atoms with Crippen LogP contribution in [0.2, 0.25) is 0 Å². The first-order valence-corrected chi connectivity index (χ1v) is 9.53. The Balaban J connectivity index is 1.50. The van der Waals surface area contributed by atoms with Crippen LogP contribution in [0.3, 0.4) is 0 Å². The largest absolute Gasteiger partial charge is 0.497 e. The van der Waals surface area contributed by atoms with Crippen LogP contribution in [0.5, 0.6) is 5.75 Å². The van der Waals surface area contributed by atoms with Crippen LogP contribution in [-0.4, -0.2) is 18.0 Å². The number of fused-ring (bicyclic) bond motifs is 1. The first kappa shape index (κ1) is 16.6. The fraction of sp³-hybridized carbons (Fsp3) is 0.0526. The molecule has 0 fully saturated rings. The minimum absolute atomic E-state index is 0.214. The lowest BCUT2D eigenvalue weighted by Gasteiger charge is -1.96. The van der Waals surface area contributed by atoms with Crippen LogP contribution < -0.4 is 10.1 Å². The lowest BCUT2D eigenvalue weighted by molar-refractivity contribution is -0.111. The Morgan fingerprint density at radius 1 is 1.27 bits per heavy atom. The van der Waals surface area contributed by atoms with E-state index in [0.29, 0.717) is 16.6 Å². The minimum atomic E-state index is -0.214. The monoisotopic (exact) mass is 382 g/mol. The summed E-state index contributed by atoms with van der Waals surface area (Å²) in [6.07, 6.45) is 3.28. The lowest BCUT2D eigenvalue weighted by Crippen LogP contribution is -2.07. The van der Waals surface area contributed by atoms with E-state index in [4.69, 9.17) is 9.15 Å². The van der Waals surface area contributed by atoms with Gasteiger partial charge in [0, 0.05) is 21.7 Å². The average molecular weight is 382 g/mol. The van der Waals surface area contributed by atoms with E-state index in [1.165, 1.54) is 17.4 Å². The van der Waals surface area contributed by atoms with Crippen LogP contribution in [0, 0.1) is 0 Å². The van der Waals surface area contributed by atoms with Gasteiger partial charge in [0.25, 0.3) is 0 Å². The number of ether oxygens (including phenoxy) is 1. The third-order valence-corrected chi connectivity index (χ3v) is 5.25. The van der Waals surface area contributed by atoms with Crippen molar-refractivity contribution in [1.29, 1.82) is 0 Å². The van der Waals surface area contributed by atoms with Gasteiger partial charge in [0.1, 0.15) is 17.0 Å². The summed E-state index contributed by atoms with van der Waals surface area (Å²) in [4.78, 5) is 17.5. The number of anilines is 1. The number of benzene rings is 1. The van der Waals surface area contributed by atoms with Crippen molar-refractivity contribution in [3.63, 3.8) is 0 Å². The number of thiazole rings is 1. The molecule has 1 amide bonds. The number of hydrogen-bond acceptors (Lipinski definition) is 6. The summed E-state index contributed by atoms with van der Waals surface area (Å²) in [6.45, 7) is 0. The maximum atomic E-state index is 12.0. The quantitative estimate of drug-likeness (QED) is 0.477. The van der Waals surface area contributed by atoms with Gasteiger partial charge in [0.2, 0.25) is 5.91 Å². The summed E-state index contributed by atoms with van der Waals surface area (Å²) in [5.41, 5.74) is 1.45. The normalized spacial score (nSPS) is 11.3. The molecule has 1 N–H and O–H groups in total. The van der Waals surface area contributed by atoms with Gasteiger partial charge in [-0.1, -0.05) is 6.07 Å². The highest BCUT2D eigenvalue weighted by Crippen LogP contribution is 2.31. The number of amides is 1. The summed E-state index contributed by atoms with van der Waals surface area (Å²) in [5, 5.41) is 8.06. The summed E-state index contributed by atoms with van der Waals surface area (Å²) < 4.78 is 11.1. The molecule has 0 aliphatic rings. The Morgan fingerprint density at radius 3 is 3.00 bits per heavy atom. The maximum absolute atomic E-state index is 12.0. The molecule has 7 heteroatoms. The highest BCUT2D eigenvalue weighted by atomic mass is 32.1. The summed E-state index contributed by atoms with van der Waals surface area (Å²) >= 11 is 2.93. The second-order valence-electron chi connectivity index (χ2n) is 5.39. The van der Waals surface area contributed by atoms with Crippen molar-refractivity contribution in [2.24, 2.45) is 0 Å². The molecule has 3 aromatic heterocycles. The van der Waals surface area contributed by atoms with E-state index in [0.717, 1.165) is 21.6 Å². The topological polar surface area (TPSA) is 64.4 Å². The molecular formula is C19H14N2O3S2. The van der Waals surface area contributed by atoms with Crippen molar-refractivity contribution in [3.8, 4) is 17.2 Å². The predicted molar refractivity (Wildman–Crippen MR) is 106 cm³/mol. The summed E-state index contributed by atoms with van der Waals surface area (Å²) in [5.74, 6) is 1.21. The lowest BCUT2D eigenvalue weighted by atomic mass is 10.2. The molecule has 5 nitrogen and oxygen atoms in total. The number of nitrogens with one attached hydrogen (secondary N) is 1. The van der Waals surface area contributed by atoms with Gasteiger partial charge >= 0.3 is 0 Å². The van der Waals surface area contributed by atoms with Gasteiger partial charge in [0.05, 0.1) is 7.11 Å². The Hall–Kier alpha value is -2.90. The Bertz CT molecular complexity index is 1080. The van der Waals surface area contributed by atoms with Crippen LogP contribution in [0.1, 0.15) is 4.88 Å². The molecule has 0 bridgehead atoms. The fourth-order valence-corrected chi connectivity index (χ4v) is 3.73. The first-order valence-electron chi connectivity index (χ1n) is 7.77. The molecule has 0 unspecified atom stereocenters. The number of furan rings is 1. The average Bonchev–Trinajstić information content (AvgIpc) is 3.39. The predicted octanol–water partition coefficient (Wildman–Crippen LogP) is 5.28. The third-order valence-electron chi connectivity index (χ3n) is 3.65. The van der Waals surface area contributed by atoms with Gasteiger partial charge in [-0.3, -0.25) is 10.1 Å². The third kappa shape index (κ3) is 3.54. The molecule has 130 valence electrons. The number of thiophene rings is 1. The molecule has 0 atom stereocenters. The van der Waals surface area contributed by atoms with E-state index in [9.17, 15) is 4.79 Å². The highest BCUT2D eigenvalue weighted by Gasteiger charge is 2.12. The van der Waals surface area contributed by atoms with E-state index >= 15 is 0 Å². The van der Waals surface area contributed by atoms with Gasteiger partial charge in [-0.25, -0.2) is 4.98 Å². The second-order valence-corrected chi connectivity index (χ2v) is 7.23. The van der Waals surface area contributed by atoms with Crippen LogP contribution in [0.15, 0.2) is 57.7 Å². The number of aromatic nitrogens is 1. The zero-order valence-electron chi connectivity index (χ0n) is 13.8. The standard InChI is InChI=1S/C19H14N2O3S2/c1-23-13-4-6-16-12(9-13)10-17(24-16)15-11-26-19(20-15)21-18(22)7-5-14-3-2-8-25-14/h2-11H,1H3,(H,20,21,22)/b7-5+. The summed E-state index contributed by atoms with van der Waals surface area (Å²) in [7, 11) is 1.63. The van der Waals surface area contributed by atoms with Crippen molar-refractivity contribution < 1.29 is 13.9 Å². The molecule has 1 aromatic carbocycles. The van der Waals surface area contributed by atoms with E-state index < -0.39 is 0 Å². The Morgan fingerprint density at radius 2 is 2.19 bits per heavy atom. The smallest absolute Gasteiger partial charge is 0.250 e. The van der Waals surface area contributed by atoms with E-state index in [1.54, 1.807) is 24.5 Å². The van der Waals surface area contributed by atoms with E-state index in [-0.39, 0.29) is 5.91 Å². The number of nitrogens with zero attached hydrogens (tertiary/aromatic N) is 1. The molecule has 0 radical (unpaired) electrons.